The lowest BCUT2D eigenvalue weighted by Gasteiger charge is -2.35. The van der Waals surface area contributed by atoms with Gasteiger partial charge in [0.1, 0.15) is 29.5 Å². The predicted molar refractivity (Wildman–Crippen MR) is 155 cm³/mol. The number of benzene rings is 3. The molecule has 0 unspecified atom stereocenters. The topological polar surface area (TPSA) is 91.3 Å². The quantitative estimate of drug-likeness (QED) is 0.230. The number of cyclic esters (lactones) is 1. The molecule has 5 rings (SSSR count). The maximum Gasteiger partial charge on any atom is 0.346 e. The van der Waals surface area contributed by atoms with Gasteiger partial charge in [0.25, 0.3) is 0 Å². The SMILES string of the molecule is COc1c([C@@H](O)CC(C)C)ccc2c1C(=O)OCc1cc(C)cc(OC(=O)C3(c4ccccc4F)CCCCC3)c1O2. The highest BCUT2D eigenvalue weighted by molar-refractivity contribution is 5.97. The molecule has 3 aromatic carbocycles. The first-order valence-corrected chi connectivity index (χ1v) is 14.5. The summed E-state index contributed by atoms with van der Waals surface area (Å²) in [5.41, 5.74) is 0.982. The number of hydrogen-bond acceptors (Lipinski definition) is 7. The lowest BCUT2D eigenvalue weighted by molar-refractivity contribution is -0.142. The van der Waals surface area contributed by atoms with Gasteiger partial charge in [0.2, 0.25) is 0 Å². The van der Waals surface area contributed by atoms with Crippen LogP contribution in [0, 0.1) is 18.7 Å². The molecule has 3 aromatic rings. The molecule has 1 saturated carbocycles. The van der Waals surface area contributed by atoms with Crippen molar-refractivity contribution in [2.45, 2.75) is 77.4 Å². The molecule has 1 heterocycles. The number of esters is 2. The number of fused-ring (bicyclic) bond motifs is 2. The molecule has 1 fully saturated rings. The number of methoxy groups -OCH3 is 1. The first-order valence-electron chi connectivity index (χ1n) is 14.5. The van der Waals surface area contributed by atoms with E-state index in [1.54, 1.807) is 42.5 Å². The zero-order chi connectivity index (χ0) is 30.0. The monoisotopic (exact) mass is 576 g/mol. The van der Waals surface area contributed by atoms with Crippen LogP contribution < -0.4 is 14.2 Å². The van der Waals surface area contributed by atoms with Crippen LogP contribution in [0.4, 0.5) is 4.39 Å². The zero-order valence-corrected chi connectivity index (χ0v) is 24.5. The number of aliphatic hydroxyl groups is 1. The van der Waals surface area contributed by atoms with Gasteiger partial charge in [-0.1, -0.05) is 51.3 Å². The number of hydrogen-bond donors (Lipinski definition) is 1. The Hall–Kier alpha value is -3.91. The van der Waals surface area contributed by atoms with Crippen molar-refractivity contribution in [3.63, 3.8) is 0 Å². The Kier molecular flexibility index (Phi) is 8.55. The molecular formula is C34H37FO7. The van der Waals surface area contributed by atoms with Crippen LogP contribution in [0.15, 0.2) is 48.5 Å². The van der Waals surface area contributed by atoms with Gasteiger partial charge in [-0.3, -0.25) is 4.79 Å². The number of aryl methyl sites for hydroxylation is 1. The van der Waals surface area contributed by atoms with Gasteiger partial charge in [-0.15, -0.1) is 0 Å². The molecule has 1 atom stereocenters. The molecule has 0 saturated heterocycles. The molecule has 7 nitrogen and oxygen atoms in total. The Balaban J connectivity index is 1.57. The number of aliphatic hydroxyl groups excluding tert-OH is 1. The van der Waals surface area contributed by atoms with E-state index < -0.39 is 29.3 Å². The third-order valence-corrected chi connectivity index (χ3v) is 8.15. The molecule has 0 aromatic heterocycles. The largest absolute Gasteiger partial charge is 0.495 e. The molecule has 8 heteroatoms. The van der Waals surface area contributed by atoms with E-state index in [-0.39, 0.29) is 41.1 Å². The average Bonchev–Trinajstić information content (AvgIpc) is 2.96. The minimum absolute atomic E-state index is 0.0383. The first kappa shape index (κ1) is 29.6. The minimum Gasteiger partial charge on any atom is -0.495 e. The van der Waals surface area contributed by atoms with Gasteiger partial charge in [-0.25, -0.2) is 9.18 Å². The molecule has 1 N–H and O–H groups in total. The maximum atomic E-state index is 15.1. The van der Waals surface area contributed by atoms with E-state index in [2.05, 4.69) is 0 Å². The van der Waals surface area contributed by atoms with Gasteiger partial charge < -0.3 is 24.1 Å². The minimum atomic E-state index is -1.13. The Bertz CT molecular complexity index is 1490. The van der Waals surface area contributed by atoms with Gasteiger partial charge in [0.15, 0.2) is 11.5 Å². The van der Waals surface area contributed by atoms with Crippen LogP contribution in [0.3, 0.4) is 0 Å². The fourth-order valence-corrected chi connectivity index (χ4v) is 6.14. The second kappa shape index (κ2) is 12.1. The third-order valence-electron chi connectivity index (χ3n) is 8.15. The van der Waals surface area contributed by atoms with E-state index in [0.29, 0.717) is 36.0 Å². The molecule has 0 spiro atoms. The van der Waals surface area contributed by atoms with Crippen LogP contribution in [0.5, 0.6) is 23.0 Å². The molecule has 1 aliphatic heterocycles. The van der Waals surface area contributed by atoms with Crippen molar-refractivity contribution in [1.29, 1.82) is 0 Å². The standard InChI is InChI=1S/C34H37FO7/c1-20(2)16-26(36)23-12-13-27-29(31(23)39-4)32(37)40-19-22-17-21(3)18-28(30(22)41-27)42-33(38)34(14-8-5-9-15-34)24-10-6-7-11-25(24)35/h6-7,10-13,17-18,20,26,36H,5,8-9,14-16,19H2,1-4H3/t26-/m0/s1. The van der Waals surface area contributed by atoms with Crippen molar-refractivity contribution < 1.29 is 38.0 Å². The fraction of sp³-hybridized carbons (Fsp3) is 0.412. The third kappa shape index (κ3) is 5.60. The summed E-state index contributed by atoms with van der Waals surface area (Å²) in [7, 11) is 1.42. The van der Waals surface area contributed by atoms with E-state index in [1.165, 1.54) is 13.2 Å². The van der Waals surface area contributed by atoms with Crippen LogP contribution in [-0.4, -0.2) is 24.2 Å². The maximum absolute atomic E-state index is 15.1. The number of ether oxygens (including phenoxy) is 4. The molecule has 42 heavy (non-hydrogen) atoms. The zero-order valence-electron chi connectivity index (χ0n) is 24.5. The highest BCUT2D eigenvalue weighted by atomic mass is 19.1. The summed E-state index contributed by atoms with van der Waals surface area (Å²) in [6.45, 7) is 5.68. The van der Waals surface area contributed by atoms with Crippen LogP contribution in [-0.2, 0) is 21.6 Å². The van der Waals surface area contributed by atoms with Gasteiger partial charge >= 0.3 is 11.9 Å². The van der Waals surface area contributed by atoms with Gasteiger partial charge in [0, 0.05) is 16.7 Å². The highest BCUT2D eigenvalue weighted by Gasteiger charge is 2.45. The van der Waals surface area contributed by atoms with Crippen molar-refractivity contribution >= 4 is 11.9 Å². The van der Waals surface area contributed by atoms with E-state index in [9.17, 15) is 14.7 Å². The van der Waals surface area contributed by atoms with E-state index in [1.807, 2.05) is 20.8 Å². The van der Waals surface area contributed by atoms with Crippen molar-refractivity contribution in [2.24, 2.45) is 5.92 Å². The van der Waals surface area contributed by atoms with Gasteiger partial charge in [-0.05, 0) is 68.0 Å². The van der Waals surface area contributed by atoms with Crippen molar-refractivity contribution in [2.75, 3.05) is 7.11 Å². The van der Waals surface area contributed by atoms with Gasteiger partial charge in [-0.2, -0.15) is 0 Å². The molecule has 222 valence electrons. The van der Waals surface area contributed by atoms with Crippen LogP contribution >= 0.6 is 0 Å². The Morgan fingerprint density at radius 1 is 1.10 bits per heavy atom. The molecule has 0 radical (unpaired) electrons. The summed E-state index contributed by atoms with van der Waals surface area (Å²) in [5, 5.41) is 10.9. The molecule has 1 aliphatic carbocycles. The highest BCUT2D eigenvalue weighted by Crippen LogP contribution is 2.47. The second-order valence-electron chi connectivity index (χ2n) is 11.6. The second-order valence-corrected chi connectivity index (χ2v) is 11.6. The van der Waals surface area contributed by atoms with E-state index in [0.717, 1.165) is 24.8 Å². The first-order chi connectivity index (χ1) is 20.1. The van der Waals surface area contributed by atoms with Gasteiger partial charge in [0.05, 0.1) is 18.6 Å². The fourth-order valence-electron chi connectivity index (χ4n) is 6.14. The molecule has 0 bridgehead atoms. The summed E-state index contributed by atoms with van der Waals surface area (Å²) >= 11 is 0. The predicted octanol–water partition coefficient (Wildman–Crippen LogP) is 7.49. The summed E-state index contributed by atoms with van der Waals surface area (Å²) < 4.78 is 38.8. The van der Waals surface area contributed by atoms with E-state index in [4.69, 9.17) is 18.9 Å². The lowest BCUT2D eigenvalue weighted by Crippen LogP contribution is -2.41. The summed E-state index contributed by atoms with van der Waals surface area (Å²) in [4.78, 5) is 27.3. The Labute approximate surface area is 245 Å². The lowest BCUT2D eigenvalue weighted by atomic mass is 9.69. The normalized spacial score (nSPS) is 16.7. The van der Waals surface area contributed by atoms with Crippen molar-refractivity contribution in [1.82, 2.24) is 0 Å². The van der Waals surface area contributed by atoms with Crippen LogP contribution in [0.1, 0.15) is 91.1 Å². The number of carbonyl (C=O) groups excluding carboxylic acids is 2. The van der Waals surface area contributed by atoms with Crippen molar-refractivity contribution in [3.8, 4) is 23.0 Å². The smallest absolute Gasteiger partial charge is 0.346 e. The molecular weight excluding hydrogens is 539 g/mol. The van der Waals surface area contributed by atoms with E-state index >= 15 is 4.39 Å². The summed E-state index contributed by atoms with van der Waals surface area (Å²) in [6.07, 6.45) is 3.07. The number of carbonyl (C=O) groups is 2. The Morgan fingerprint density at radius 2 is 1.83 bits per heavy atom. The van der Waals surface area contributed by atoms with Crippen LogP contribution in [0.25, 0.3) is 0 Å². The Morgan fingerprint density at radius 3 is 2.52 bits per heavy atom. The number of halogens is 1. The average molecular weight is 577 g/mol. The van der Waals surface area contributed by atoms with Crippen LogP contribution in [0.2, 0.25) is 0 Å². The number of rotatable bonds is 7. The van der Waals surface area contributed by atoms with Crippen molar-refractivity contribution in [3.05, 3.63) is 82.2 Å². The molecule has 2 aliphatic rings. The molecule has 0 amide bonds. The summed E-state index contributed by atoms with van der Waals surface area (Å²) in [5.74, 6) is -0.751. The summed E-state index contributed by atoms with van der Waals surface area (Å²) in [6, 6.07) is 13.1.